The molecular formula is C14H19NO5S. The minimum atomic E-state index is -3.06. The van der Waals surface area contributed by atoms with Gasteiger partial charge in [0.15, 0.2) is 5.78 Å². The fourth-order valence-corrected chi connectivity index (χ4v) is 3.14. The van der Waals surface area contributed by atoms with Gasteiger partial charge in [-0.3, -0.25) is 9.59 Å². The predicted octanol–water partition coefficient (Wildman–Crippen LogP) is 1.35. The molecule has 0 saturated heterocycles. The van der Waals surface area contributed by atoms with Crippen molar-refractivity contribution >= 4 is 21.5 Å². The molecule has 0 radical (unpaired) electrons. The molecule has 1 aromatic heterocycles. The Labute approximate surface area is 123 Å². The summed E-state index contributed by atoms with van der Waals surface area (Å²) in [5, 5.41) is 2.71. The highest BCUT2D eigenvalue weighted by atomic mass is 32.2. The SMILES string of the molecule is C[C@H](CCS(C)(=O)=O)NC(=O)c1coc2c1C(=O)CCC2. The lowest BCUT2D eigenvalue weighted by Crippen LogP contribution is -2.34. The van der Waals surface area contributed by atoms with Crippen LogP contribution in [0.4, 0.5) is 0 Å². The number of amides is 1. The van der Waals surface area contributed by atoms with E-state index in [1.807, 2.05) is 0 Å². The monoisotopic (exact) mass is 313 g/mol. The minimum absolute atomic E-state index is 0.0108. The predicted molar refractivity (Wildman–Crippen MR) is 77.2 cm³/mol. The number of nitrogens with one attached hydrogen (secondary N) is 1. The van der Waals surface area contributed by atoms with Crippen LogP contribution in [-0.4, -0.2) is 38.2 Å². The Morgan fingerprint density at radius 1 is 1.43 bits per heavy atom. The summed E-state index contributed by atoms with van der Waals surface area (Å²) in [6.07, 6.45) is 4.64. The Morgan fingerprint density at radius 3 is 2.81 bits per heavy atom. The van der Waals surface area contributed by atoms with Crippen LogP contribution in [0.1, 0.15) is 52.7 Å². The second-order valence-electron chi connectivity index (χ2n) is 5.52. The number of ketones is 1. The van der Waals surface area contributed by atoms with E-state index in [1.54, 1.807) is 6.92 Å². The van der Waals surface area contributed by atoms with Crippen LogP contribution >= 0.6 is 0 Å². The fraction of sp³-hybridized carbons (Fsp3) is 0.571. The highest BCUT2D eigenvalue weighted by molar-refractivity contribution is 7.90. The van der Waals surface area contributed by atoms with E-state index in [9.17, 15) is 18.0 Å². The maximum absolute atomic E-state index is 12.2. The molecular weight excluding hydrogens is 294 g/mol. The summed E-state index contributed by atoms with van der Waals surface area (Å²) >= 11 is 0. The molecule has 2 rings (SSSR count). The zero-order valence-electron chi connectivity index (χ0n) is 12.1. The van der Waals surface area contributed by atoms with E-state index in [0.717, 1.165) is 12.7 Å². The molecule has 1 atom stereocenters. The number of hydrogen-bond acceptors (Lipinski definition) is 5. The van der Waals surface area contributed by atoms with Gasteiger partial charge in [-0.2, -0.15) is 0 Å². The van der Waals surface area contributed by atoms with Crippen molar-refractivity contribution in [3.63, 3.8) is 0 Å². The van der Waals surface area contributed by atoms with Gasteiger partial charge in [0, 0.05) is 25.1 Å². The topological polar surface area (TPSA) is 93.4 Å². The molecule has 7 heteroatoms. The van der Waals surface area contributed by atoms with Crippen LogP contribution in [0, 0.1) is 0 Å². The molecule has 0 aromatic carbocycles. The van der Waals surface area contributed by atoms with E-state index >= 15 is 0 Å². The molecule has 21 heavy (non-hydrogen) atoms. The zero-order chi connectivity index (χ0) is 15.6. The van der Waals surface area contributed by atoms with Crippen molar-refractivity contribution in [1.82, 2.24) is 5.32 Å². The van der Waals surface area contributed by atoms with Gasteiger partial charge in [-0.1, -0.05) is 0 Å². The molecule has 1 aliphatic rings. The van der Waals surface area contributed by atoms with Crippen molar-refractivity contribution in [2.45, 2.75) is 38.6 Å². The number of sulfone groups is 1. The van der Waals surface area contributed by atoms with Gasteiger partial charge in [0.25, 0.3) is 5.91 Å². The summed E-state index contributed by atoms with van der Waals surface area (Å²) in [4.78, 5) is 24.1. The first kappa shape index (κ1) is 15.8. The number of carbonyl (C=O) groups is 2. The lowest BCUT2D eigenvalue weighted by Gasteiger charge is -2.14. The molecule has 116 valence electrons. The zero-order valence-corrected chi connectivity index (χ0v) is 13.0. The van der Waals surface area contributed by atoms with Crippen LogP contribution in [-0.2, 0) is 16.3 Å². The summed E-state index contributed by atoms with van der Waals surface area (Å²) < 4.78 is 27.5. The van der Waals surface area contributed by atoms with E-state index in [2.05, 4.69) is 5.32 Å². The van der Waals surface area contributed by atoms with Crippen molar-refractivity contribution in [2.24, 2.45) is 0 Å². The smallest absolute Gasteiger partial charge is 0.255 e. The highest BCUT2D eigenvalue weighted by Gasteiger charge is 2.28. The van der Waals surface area contributed by atoms with E-state index in [1.165, 1.54) is 6.26 Å². The standard InChI is InChI=1S/C14H19NO5S/c1-9(6-7-21(2,18)19)15-14(17)10-8-20-12-5-3-4-11(16)13(10)12/h8-9H,3-7H2,1-2H3,(H,15,17)/t9-/m1/s1. The molecule has 0 spiro atoms. The lowest BCUT2D eigenvalue weighted by atomic mass is 9.94. The summed E-state index contributed by atoms with van der Waals surface area (Å²) in [7, 11) is -3.06. The largest absolute Gasteiger partial charge is 0.468 e. The van der Waals surface area contributed by atoms with Crippen LogP contribution in [0.3, 0.4) is 0 Å². The number of carbonyl (C=O) groups excluding carboxylic acids is 2. The number of furan rings is 1. The van der Waals surface area contributed by atoms with E-state index in [0.29, 0.717) is 30.6 Å². The van der Waals surface area contributed by atoms with Gasteiger partial charge in [0.2, 0.25) is 0 Å². The molecule has 6 nitrogen and oxygen atoms in total. The summed E-state index contributed by atoms with van der Waals surface area (Å²) in [5.74, 6) is 0.118. The van der Waals surface area contributed by atoms with Gasteiger partial charge in [0.1, 0.15) is 21.9 Å². The summed E-state index contributed by atoms with van der Waals surface area (Å²) in [6.45, 7) is 1.73. The van der Waals surface area contributed by atoms with Gasteiger partial charge in [-0.25, -0.2) is 8.42 Å². The molecule has 1 aromatic rings. The molecule has 1 heterocycles. The maximum atomic E-state index is 12.2. The van der Waals surface area contributed by atoms with Gasteiger partial charge in [-0.05, 0) is 19.8 Å². The lowest BCUT2D eigenvalue weighted by molar-refractivity contribution is 0.0918. The Balaban J connectivity index is 2.04. The molecule has 0 fully saturated rings. The highest BCUT2D eigenvalue weighted by Crippen LogP contribution is 2.26. The second kappa shape index (κ2) is 6.01. The average Bonchev–Trinajstić information content (AvgIpc) is 2.81. The Bertz CT molecular complexity index is 659. The fourth-order valence-electron chi connectivity index (χ4n) is 2.35. The first-order valence-electron chi connectivity index (χ1n) is 6.90. The number of Topliss-reactive ketones (excluding diaryl/α,β-unsaturated/α-hetero) is 1. The molecule has 0 saturated carbocycles. The number of hydrogen-bond donors (Lipinski definition) is 1. The first-order chi connectivity index (χ1) is 9.78. The molecule has 1 amide bonds. The van der Waals surface area contributed by atoms with Crippen LogP contribution in [0.2, 0.25) is 0 Å². The second-order valence-corrected chi connectivity index (χ2v) is 7.78. The van der Waals surface area contributed by atoms with Crippen molar-refractivity contribution < 1.29 is 22.4 Å². The third-order valence-electron chi connectivity index (χ3n) is 3.50. The molecule has 1 N–H and O–H groups in total. The maximum Gasteiger partial charge on any atom is 0.255 e. The van der Waals surface area contributed by atoms with Gasteiger partial charge < -0.3 is 9.73 Å². The van der Waals surface area contributed by atoms with Gasteiger partial charge >= 0.3 is 0 Å². The van der Waals surface area contributed by atoms with E-state index in [4.69, 9.17) is 4.42 Å². The van der Waals surface area contributed by atoms with Gasteiger partial charge in [0.05, 0.1) is 16.9 Å². The molecule has 0 bridgehead atoms. The van der Waals surface area contributed by atoms with E-state index < -0.39 is 15.7 Å². The van der Waals surface area contributed by atoms with Crippen LogP contribution in [0.5, 0.6) is 0 Å². The quantitative estimate of drug-likeness (QED) is 0.885. The Kier molecular flexibility index (Phi) is 4.51. The van der Waals surface area contributed by atoms with E-state index in [-0.39, 0.29) is 23.1 Å². The van der Waals surface area contributed by atoms with Crippen molar-refractivity contribution in [1.29, 1.82) is 0 Å². The third kappa shape index (κ3) is 3.93. The Morgan fingerprint density at radius 2 is 2.14 bits per heavy atom. The van der Waals surface area contributed by atoms with Crippen molar-refractivity contribution in [3.05, 3.63) is 23.2 Å². The molecule has 0 unspecified atom stereocenters. The van der Waals surface area contributed by atoms with Crippen LogP contribution < -0.4 is 5.32 Å². The summed E-state index contributed by atoms with van der Waals surface area (Å²) in [6, 6.07) is -0.295. The van der Waals surface area contributed by atoms with Crippen molar-refractivity contribution in [2.75, 3.05) is 12.0 Å². The number of aryl methyl sites for hydroxylation is 1. The van der Waals surface area contributed by atoms with Crippen LogP contribution in [0.15, 0.2) is 10.7 Å². The molecule has 1 aliphatic carbocycles. The average molecular weight is 313 g/mol. The van der Waals surface area contributed by atoms with Crippen molar-refractivity contribution in [3.8, 4) is 0 Å². The number of rotatable bonds is 5. The first-order valence-corrected chi connectivity index (χ1v) is 8.96. The third-order valence-corrected chi connectivity index (χ3v) is 4.47. The van der Waals surface area contributed by atoms with Gasteiger partial charge in [-0.15, -0.1) is 0 Å². The normalized spacial score (nSPS) is 16.4. The van der Waals surface area contributed by atoms with Crippen LogP contribution in [0.25, 0.3) is 0 Å². The Hall–Kier alpha value is -1.63. The summed E-state index contributed by atoms with van der Waals surface area (Å²) in [5.41, 5.74) is 0.634. The number of fused-ring (bicyclic) bond motifs is 1. The minimum Gasteiger partial charge on any atom is -0.468 e. The molecule has 0 aliphatic heterocycles.